The summed E-state index contributed by atoms with van der Waals surface area (Å²) in [4.78, 5) is 24.9. The molecule has 2 aliphatic heterocycles. The maximum absolute atomic E-state index is 12.5. The van der Waals surface area contributed by atoms with Crippen LogP contribution in [0.25, 0.3) is 0 Å². The molecular weight excluding hydrogens is 404 g/mol. The van der Waals surface area contributed by atoms with Gasteiger partial charge in [-0.1, -0.05) is 25.7 Å². The average molecular weight is 453 g/mol. The van der Waals surface area contributed by atoms with Crippen molar-refractivity contribution in [1.29, 1.82) is 0 Å². The number of rotatable bonds is 11. The molecule has 0 aromatic carbocycles. The van der Waals surface area contributed by atoms with E-state index in [0.29, 0.717) is 13.2 Å². The zero-order valence-corrected chi connectivity index (χ0v) is 21.9. The Morgan fingerprint density at radius 1 is 0.625 bits per heavy atom. The molecule has 0 aromatic heterocycles. The van der Waals surface area contributed by atoms with E-state index < -0.39 is 0 Å². The van der Waals surface area contributed by atoms with E-state index in [9.17, 15) is 9.59 Å². The van der Waals surface area contributed by atoms with E-state index in [1.54, 1.807) is 0 Å². The van der Waals surface area contributed by atoms with Crippen LogP contribution < -0.4 is 10.6 Å². The summed E-state index contributed by atoms with van der Waals surface area (Å²) in [5.74, 6) is -0.313. The van der Waals surface area contributed by atoms with Crippen LogP contribution in [0.1, 0.15) is 107 Å². The van der Waals surface area contributed by atoms with Crippen molar-refractivity contribution in [1.82, 2.24) is 10.6 Å². The second-order valence-corrected chi connectivity index (χ2v) is 12.4. The van der Waals surface area contributed by atoms with Gasteiger partial charge in [-0.3, -0.25) is 9.59 Å². The molecule has 0 amide bonds. The van der Waals surface area contributed by atoms with Crippen LogP contribution in [0.5, 0.6) is 0 Å². The zero-order chi connectivity index (χ0) is 24.2. The highest BCUT2D eigenvalue weighted by Crippen LogP contribution is 2.37. The van der Waals surface area contributed by atoms with Crippen molar-refractivity contribution < 1.29 is 19.1 Å². The Morgan fingerprint density at radius 3 is 1.22 bits per heavy atom. The predicted octanol–water partition coefficient (Wildman–Crippen LogP) is 4.75. The first-order valence-electron chi connectivity index (χ1n) is 12.6. The van der Waals surface area contributed by atoms with Gasteiger partial charge in [0.2, 0.25) is 0 Å². The third kappa shape index (κ3) is 7.72. The highest BCUT2D eigenvalue weighted by molar-refractivity contribution is 5.75. The average Bonchev–Trinajstić information content (AvgIpc) is 3.01. The Bertz CT molecular complexity index is 598. The molecule has 2 fully saturated rings. The van der Waals surface area contributed by atoms with Crippen molar-refractivity contribution in [2.75, 3.05) is 13.2 Å². The van der Waals surface area contributed by atoms with Gasteiger partial charge in [0.05, 0.1) is 25.0 Å². The van der Waals surface area contributed by atoms with Crippen LogP contribution in [0.15, 0.2) is 0 Å². The smallest absolute Gasteiger partial charge is 0.310 e. The Morgan fingerprint density at radius 2 is 0.938 bits per heavy atom. The minimum Gasteiger partial charge on any atom is -0.465 e. The molecule has 0 spiro atoms. The van der Waals surface area contributed by atoms with E-state index in [0.717, 1.165) is 51.4 Å². The van der Waals surface area contributed by atoms with Gasteiger partial charge in [-0.15, -0.1) is 0 Å². The van der Waals surface area contributed by atoms with Crippen molar-refractivity contribution in [2.45, 2.75) is 129 Å². The lowest BCUT2D eigenvalue weighted by Crippen LogP contribution is -2.46. The molecule has 2 rings (SSSR count). The zero-order valence-electron chi connectivity index (χ0n) is 21.9. The van der Waals surface area contributed by atoms with Crippen molar-refractivity contribution in [2.24, 2.45) is 11.8 Å². The van der Waals surface area contributed by atoms with E-state index in [2.05, 4.69) is 66.0 Å². The molecule has 2 saturated heterocycles. The van der Waals surface area contributed by atoms with Crippen LogP contribution in [-0.4, -0.2) is 47.3 Å². The van der Waals surface area contributed by atoms with Gasteiger partial charge < -0.3 is 20.1 Å². The fraction of sp³-hybridized carbons (Fsp3) is 0.923. The minimum atomic E-state index is -0.218. The highest BCUT2D eigenvalue weighted by atomic mass is 16.5. The fourth-order valence-electron chi connectivity index (χ4n) is 5.77. The highest BCUT2D eigenvalue weighted by Gasteiger charge is 2.49. The summed E-state index contributed by atoms with van der Waals surface area (Å²) in [7, 11) is 0. The second-order valence-electron chi connectivity index (χ2n) is 12.4. The molecule has 32 heavy (non-hydrogen) atoms. The second kappa shape index (κ2) is 10.4. The standard InChI is InChI=1S/C26H48N2O4/c1-23(2)17-19(25(5,6)27-23)21(29)31-15-13-11-9-10-12-14-16-32-22(30)20-18-24(3,4)28-26(20,7)8/h19-20,27-28H,9-18H2,1-8H3. The van der Waals surface area contributed by atoms with Gasteiger partial charge in [0.15, 0.2) is 0 Å². The molecular formula is C26H48N2O4. The molecule has 2 unspecified atom stereocenters. The number of carbonyl (C=O) groups excluding carboxylic acids is 2. The van der Waals surface area contributed by atoms with Gasteiger partial charge >= 0.3 is 11.9 Å². The molecule has 0 aliphatic carbocycles. The lowest BCUT2D eigenvalue weighted by atomic mass is 9.87. The lowest BCUT2D eigenvalue weighted by molar-refractivity contribution is -0.151. The maximum atomic E-state index is 12.5. The monoisotopic (exact) mass is 452 g/mol. The summed E-state index contributed by atoms with van der Waals surface area (Å²) in [6.45, 7) is 17.9. The molecule has 186 valence electrons. The molecule has 0 radical (unpaired) electrons. The number of unbranched alkanes of at least 4 members (excludes halogenated alkanes) is 5. The Hall–Kier alpha value is -1.14. The molecule has 0 aromatic rings. The number of esters is 2. The largest absolute Gasteiger partial charge is 0.465 e. The first kappa shape index (κ1) is 27.1. The van der Waals surface area contributed by atoms with Crippen LogP contribution in [0, 0.1) is 11.8 Å². The number of hydrogen-bond donors (Lipinski definition) is 2. The number of hydrogen-bond acceptors (Lipinski definition) is 6. The summed E-state index contributed by atoms with van der Waals surface area (Å²) in [6, 6.07) is 0. The van der Waals surface area contributed by atoms with Crippen molar-refractivity contribution in [3.63, 3.8) is 0 Å². The maximum Gasteiger partial charge on any atom is 0.310 e. The van der Waals surface area contributed by atoms with Crippen molar-refractivity contribution in [3.05, 3.63) is 0 Å². The SMILES string of the molecule is CC1(C)CC(C(=O)OCCCCCCCCOC(=O)C2CC(C)(C)NC2(C)C)C(C)(C)N1. The van der Waals surface area contributed by atoms with Crippen LogP contribution in [0.2, 0.25) is 0 Å². The first-order chi connectivity index (χ1) is 14.7. The summed E-state index contributed by atoms with van der Waals surface area (Å²) in [5, 5.41) is 7.06. The number of ether oxygens (including phenoxy) is 2. The predicted molar refractivity (Wildman–Crippen MR) is 128 cm³/mol. The van der Waals surface area contributed by atoms with E-state index in [1.807, 2.05) is 0 Å². The summed E-state index contributed by atoms with van der Waals surface area (Å²) in [5.41, 5.74) is -0.487. The van der Waals surface area contributed by atoms with E-state index in [1.165, 1.54) is 0 Å². The Balaban J connectivity index is 1.49. The quantitative estimate of drug-likeness (QED) is 0.348. The third-order valence-electron chi connectivity index (χ3n) is 7.09. The summed E-state index contributed by atoms with van der Waals surface area (Å²) < 4.78 is 11.1. The molecule has 6 heteroatoms. The Labute approximate surface area is 196 Å². The van der Waals surface area contributed by atoms with E-state index >= 15 is 0 Å². The van der Waals surface area contributed by atoms with Gasteiger partial charge in [-0.05, 0) is 81.1 Å². The van der Waals surface area contributed by atoms with Gasteiger partial charge in [-0.25, -0.2) is 0 Å². The fourth-order valence-corrected chi connectivity index (χ4v) is 5.77. The van der Waals surface area contributed by atoms with Crippen LogP contribution in [-0.2, 0) is 19.1 Å². The van der Waals surface area contributed by atoms with Crippen molar-refractivity contribution in [3.8, 4) is 0 Å². The lowest BCUT2D eigenvalue weighted by Gasteiger charge is -2.27. The van der Waals surface area contributed by atoms with Crippen LogP contribution in [0.3, 0.4) is 0 Å². The van der Waals surface area contributed by atoms with Crippen LogP contribution in [0.4, 0.5) is 0 Å². The molecule has 2 aliphatic rings. The molecule has 2 N–H and O–H groups in total. The van der Waals surface area contributed by atoms with Gasteiger partial charge in [-0.2, -0.15) is 0 Å². The Kier molecular flexibility index (Phi) is 8.82. The first-order valence-corrected chi connectivity index (χ1v) is 12.6. The van der Waals surface area contributed by atoms with Gasteiger partial charge in [0, 0.05) is 22.2 Å². The number of carbonyl (C=O) groups is 2. The molecule has 0 saturated carbocycles. The van der Waals surface area contributed by atoms with Crippen molar-refractivity contribution >= 4 is 11.9 Å². The van der Waals surface area contributed by atoms with Crippen LogP contribution >= 0.6 is 0 Å². The van der Waals surface area contributed by atoms with Gasteiger partial charge in [0.1, 0.15) is 0 Å². The molecule has 2 atom stereocenters. The normalized spacial score (nSPS) is 27.2. The number of nitrogens with one attached hydrogen (secondary N) is 2. The van der Waals surface area contributed by atoms with E-state index in [-0.39, 0.29) is 45.9 Å². The van der Waals surface area contributed by atoms with Gasteiger partial charge in [0.25, 0.3) is 0 Å². The van der Waals surface area contributed by atoms with E-state index in [4.69, 9.17) is 9.47 Å². The minimum absolute atomic E-state index is 0.0255. The molecule has 2 heterocycles. The molecule has 0 bridgehead atoms. The third-order valence-corrected chi connectivity index (χ3v) is 7.09. The summed E-state index contributed by atoms with van der Waals surface area (Å²) in [6.07, 6.45) is 7.79. The molecule has 6 nitrogen and oxygen atoms in total. The summed E-state index contributed by atoms with van der Waals surface area (Å²) >= 11 is 0. The topological polar surface area (TPSA) is 76.7 Å².